The van der Waals surface area contributed by atoms with Crippen molar-refractivity contribution in [2.45, 2.75) is 0 Å². The average Bonchev–Trinajstić information content (AvgIpc) is 3.22. The average molecular weight is 923 g/mol. The van der Waals surface area contributed by atoms with Gasteiger partial charge in [-0.3, -0.25) is 0 Å². The summed E-state index contributed by atoms with van der Waals surface area (Å²) in [6, 6.07) is 64.2. The van der Waals surface area contributed by atoms with Crippen molar-refractivity contribution in [3.8, 4) is 0 Å². The molecule has 0 aliphatic heterocycles. The summed E-state index contributed by atoms with van der Waals surface area (Å²) in [5.41, 5.74) is 0. The zero-order valence-corrected chi connectivity index (χ0v) is 34.2. The van der Waals surface area contributed by atoms with Crippen molar-refractivity contribution < 1.29 is 26.5 Å². The molecule has 48 heavy (non-hydrogen) atoms. The molecule has 0 aromatic heterocycles. The van der Waals surface area contributed by atoms with Gasteiger partial charge >= 0.3 is 53.2 Å². The van der Waals surface area contributed by atoms with Crippen LogP contribution in [0.1, 0.15) is 0 Å². The van der Waals surface area contributed by atoms with Crippen LogP contribution >= 0.6 is 37.2 Å². The molecule has 0 heterocycles. The van der Waals surface area contributed by atoms with Gasteiger partial charge in [-0.25, -0.2) is 0 Å². The summed E-state index contributed by atoms with van der Waals surface area (Å²) in [7, 11) is -0.512. The van der Waals surface area contributed by atoms with Crippen LogP contribution in [0.5, 0.6) is 0 Å². The first kappa shape index (κ1) is 43.3. The first-order chi connectivity index (χ1) is 23.6. The van der Waals surface area contributed by atoms with Crippen LogP contribution in [0.15, 0.2) is 182 Å². The maximum atomic E-state index is 7.50. The molecule has 0 spiro atoms. The summed E-state index contributed by atoms with van der Waals surface area (Å²) in [5.74, 6) is 0. The second-order valence-corrected chi connectivity index (χ2v) is 16.1. The molecular formula is C41H39BrO2P3Re. The third-order valence-corrected chi connectivity index (χ3v) is 13.3. The number of halogens is 1. The molecule has 0 aliphatic rings. The predicted molar refractivity (Wildman–Crippen MR) is 212 cm³/mol. The number of benzene rings is 6. The van der Waals surface area contributed by atoms with Crippen molar-refractivity contribution in [3.05, 3.63) is 195 Å². The van der Waals surface area contributed by atoms with Gasteiger partial charge in [-0.05, 0) is 75.6 Å². The zero-order valence-electron chi connectivity index (χ0n) is 27.2. The van der Waals surface area contributed by atoms with E-state index in [9.17, 15) is 0 Å². The molecule has 2 nitrogen and oxygen atoms in total. The Morgan fingerprint density at radius 2 is 0.417 bits per heavy atom. The monoisotopic (exact) mass is 922 g/mol. The van der Waals surface area contributed by atoms with Crippen LogP contribution in [-0.2, 0) is 26.5 Å². The minimum atomic E-state index is -0.171. The SMILES string of the molecule is CP(c1ccccc1)c1ccccc1.CP(c1ccccc1)c1ccccc1.CP(c1ccccc1)c1ccccc1.[Br][Re].[C-]#[O+].[C-]#[O+]. The molecule has 0 unspecified atom stereocenters. The van der Waals surface area contributed by atoms with Crippen molar-refractivity contribution in [1.29, 1.82) is 0 Å². The molecule has 0 saturated carbocycles. The molecule has 6 aromatic carbocycles. The van der Waals surface area contributed by atoms with Gasteiger partial charge in [0.25, 0.3) is 0 Å². The van der Waals surface area contributed by atoms with E-state index in [1.165, 1.54) is 49.0 Å². The Balaban J connectivity index is 0.000000333. The fourth-order valence-electron chi connectivity index (χ4n) is 4.36. The fraction of sp³-hybridized carbons (Fsp3) is 0.0732. The second-order valence-electron chi connectivity index (χ2n) is 9.69. The van der Waals surface area contributed by atoms with Gasteiger partial charge in [-0.15, -0.1) is 0 Å². The molecule has 0 amide bonds. The van der Waals surface area contributed by atoms with Gasteiger partial charge in [0, 0.05) is 0 Å². The first-order valence-corrected chi connectivity index (χ1v) is 26.0. The van der Waals surface area contributed by atoms with E-state index in [1.54, 1.807) is 0 Å². The quantitative estimate of drug-likeness (QED) is 0.0910. The van der Waals surface area contributed by atoms with E-state index >= 15 is 0 Å². The van der Waals surface area contributed by atoms with Gasteiger partial charge in [0.05, 0.1) is 0 Å². The summed E-state index contributed by atoms with van der Waals surface area (Å²) >= 11 is 4.53. The van der Waals surface area contributed by atoms with Gasteiger partial charge in [-0.1, -0.05) is 182 Å². The standard InChI is InChI=1S/3C13H13P.2CO.BrH.Re/c3*1-14(12-8-4-2-5-9-12)13-10-6-3-7-11-13;2*1-2;;/h3*2-11H,1H3;;;1H;/q;;;;;;+1/p-1. The Labute approximate surface area is 308 Å². The Bertz CT molecular complexity index is 1330. The van der Waals surface area contributed by atoms with Crippen LogP contribution < -0.4 is 31.8 Å². The third-order valence-electron chi connectivity index (χ3n) is 6.86. The van der Waals surface area contributed by atoms with E-state index in [4.69, 9.17) is 9.30 Å². The number of rotatable bonds is 6. The Morgan fingerprint density at radius 3 is 0.521 bits per heavy atom. The summed E-state index contributed by atoms with van der Waals surface area (Å²) < 4.78 is 15.0. The minimum absolute atomic E-state index is 0.171. The van der Waals surface area contributed by atoms with E-state index < -0.39 is 0 Å². The van der Waals surface area contributed by atoms with Gasteiger partial charge < -0.3 is 0 Å². The summed E-state index contributed by atoms with van der Waals surface area (Å²) in [4.78, 5) is 0. The van der Waals surface area contributed by atoms with Crippen LogP contribution in [0, 0.1) is 13.3 Å². The molecule has 0 atom stereocenters. The molecule has 6 rings (SSSR count). The Morgan fingerprint density at radius 1 is 0.312 bits per heavy atom. The van der Waals surface area contributed by atoms with Gasteiger partial charge in [0.15, 0.2) is 0 Å². The third kappa shape index (κ3) is 16.1. The fourth-order valence-corrected chi connectivity index (χ4v) is 8.97. The van der Waals surface area contributed by atoms with Gasteiger partial charge in [0.2, 0.25) is 0 Å². The molecule has 244 valence electrons. The van der Waals surface area contributed by atoms with Crippen LogP contribution in [0.2, 0.25) is 0 Å². The van der Waals surface area contributed by atoms with E-state index in [2.05, 4.69) is 229 Å². The van der Waals surface area contributed by atoms with Crippen molar-refractivity contribution in [1.82, 2.24) is 0 Å². The normalized spacial score (nSPS) is 9.33. The van der Waals surface area contributed by atoms with Gasteiger partial charge in [0.1, 0.15) is 0 Å². The topological polar surface area (TPSA) is 39.8 Å². The van der Waals surface area contributed by atoms with E-state index in [-0.39, 0.29) is 23.8 Å². The molecule has 0 bridgehead atoms. The Hall–Kier alpha value is -2.77. The number of hydrogen-bond donors (Lipinski definition) is 0. The van der Waals surface area contributed by atoms with Crippen molar-refractivity contribution in [3.63, 3.8) is 0 Å². The summed E-state index contributed by atoms with van der Waals surface area (Å²) in [6.45, 7) is 15.9. The number of hydrogen-bond acceptors (Lipinski definition) is 0. The van der Waals surface area contributed by atoms with E-state index in [1.807, 2.05) is 0 Å². The summed E-state index contributed by atoms with van der Waals surface area (Å²) in [5, 5.41) is 8.63. The van der Waals surface area contributed by atoms with E-state index in [0.29, 0.717) is 0 Å². The zero-order chi connectivity index (χ0) is 35.4. The van der Waals surface area contributed by atoms with Gasteiger partial charge in [-0.2, -0.15) is 0 Å². The molecular weight excluding hydrogens is 883 g/mol. The van der Waals surface area contributed by atoms with Crippen LogP contribution in [0.25, 0.3) is 0 Å². The van der Waals surface area contributed by atoms with Crippen LogP contribution in [0.3, 0.4) is 0 Å². The first-order valence-electron chi connectivity index (χ1n) is 14.7. The van der Waals surface area contributed by atoms with Crippen molar-refractivity contribution in [2.24, 2.45) is 0 Å². The van der Waals surface area contributed by atoms with Crippen molar-refractivity contribution >= 4 is 69.0 Å². The van der Waals surface area contributed by atoms with E-state index in [0.717, 1.165) is 0 Å². The molecule has 0 radical (unpaired) electrons. The molecule has 0 aliphatic carbocycles. The van der Waals surface area contributed by atoms with Crippen LogP contribution in [-0.4, -0.2) is 20.0 Å². The van der Waals surface area contributed by atoms with Crippen LogP contribution in [0.4, 0.5) is 0 Å². The maximum absolute atomic E-state index is 7.50. The Kier molecular flexibility index (Phi) is 25.3. The molecule has 7 heteroatoms. The second kappa shape index (κ2) is 28.1. The molecule has 0 saturated heterocycles. The molecule has 0 fully saturated rings. The molecule has 0 N–H and O–H groups in total. The summed E-state index contributed by atoms with van der Waals surface area (Å²) in [6.07, 6.45) is 0. The predicted octanol–water partition coefficient (Wildman–Crippen LogP) is 9.02. The molecule has 6 aromatic rings. The van der Waals surface area contributed by atoms with Crippen molar-refractivity contribution in [2.75, 3.05) is 20.0 Å².